The van der Waals surface area contributed by atoms with E-state index in [1.165, 1.54) is 0 Å². The van der Waals surface area contributed by atoms with Gasteiger partial charge in [-0.3, -0.25) is 4.79 Å². The van der Waals surface area contributed by atoms with Crippen LogP contribution in [0.15, 0.2) is 42.5 Å². The van der Waals surface area contributed by atoms with E-state index in [2.05, 4.69) is 0 Å². The predicted octanol–water partition coefficient (Wildman–Crippen LogP) is 3.63. The lowest BCUT2D eigenvalue weighted by molar-refractivity contribution is 0.0785. The van der Waals surface area contributed by atoms with Crippen LogP contribution >= 0.6 is 11.6 Å². The molecule has 22 heavy (non-hydrogen) atoms. The molecule has 0 atom stereocenters. The Morgan fingerprint density at radius 1 is 1.09 bits per heavy atom. The molecule has 0 unspecified atom stereocenters. The molecule has 0 bridgehead atoms. The number of carbonyl (C=O) groups excluding carboxylic acids is 1. The van der Waals surface area contributed by atoms with Crippen LogP contribution in [-0.2, 0) is 6.54 Å². The van der Waals surface area contributed by atoms with Crippen molar-refractivity contribution < 1.29 is 14.3 Å². The number of hydrogen-bond acceptors (Lipinski definition) is 3. The Morgan fingerprint density at radius 3 is 2.45 bits per heavy atom. The van der Waals surface area contributed by atoms with Crippen molar-refractivity contribution in [2.75, 3.05) is 21.3 Å². The van der Waals surface area contributed by atoms with Crippen LogP contribution in [0.3, 0.4) is 0 Å². The van der Waals surface area contributed by atoms with E-state index in [0.717, 1.165) is 5.56 Å². The first-order valence-corrected chi connectivity index (χ1v) is 7.15. The van der Waals surface area contributed by atoms with E-state index in [1.807, 2.05) is 18.2 Å². The topological polar surface area (TPSA) is 38.8 Å². The van der Waals surface area contributed by atoms with Gasteiger partial charge in [0.2, 0.25) is 0 Å². The fraction of sp³-hybridized carbons (Fsp3) is 0.235. The highest BCUT2D eigenvalue weighted by atomic mass is 35.5. The summed E-state index contributed by atoms with van der Waals surface area (Å²) in [6.07, 6.45) is 0. The quantitative estimate of drug-likeness (QED) is 0.844. The lowest BCUT2D eigenvalue weighted by Crippen LogP contribution is -2.26. The monoisotopic (exact) mass is 319 g/mol. The van der Waals surface area contributed by atoms with Gasteiger partial charge in [0.15, 0.2) is 11.5 Å². The highest BCUT2D eigenvalue weighted by Gasteiger charge is 2.13. The second-order valence-corrected chi connectivity index (χ2v) is 5.30. The average Bonchev–Trinajstić information content (AvgIpc) is 2.53. The fourth-order valence-corrected chi connectivity index (χ4v) is 2.36. The molecule has 0 saturated carbocycles. The summed E-state index contributed by atoms with van der Waals surface area (Å²) < 4.78 is 10.5. The Bertz CT molecular complexity index is 673. The number of halogens is 1. The first-order valence-electron chi connectivity index (χ1n) is 6.77. The first kappa shape index (κ1) is 16.2. The van der Waals surface area contributed by atoms with Crippen molar-refractivity contribution in [2.24, 2.45) is 0 Å². The van der Waals surface area contributed by atoms with E-state index < -0.39 is 0 Å². The van der Waals surface area contributed by atoms with E-state index >= 15 is 0 Å². The van der Waals surface area contributed by atoms with Crippen molar-refractivity contribution in [3.8, 4) is 11.5 Å². The third kappa shape index (κ3) is 3.71. The molecule has 4 nitrogen and oxygen atoms in total. The van der Waals surface area contributed by atoms with E-state index in [0.29, 0.717) is 28.6 Å². The van der Waals surface area contributed by atoms with E-state index in [9.17, 15) is 4.79 Å². The normalized spacial score (nSPS) is 10.2. The van der Waals surface area contributed by atoms with Crippen LogP contribution < -0.4 is 9.47 Å². The van der Waals surface area contributed by atoms with Crippen LogP contribution in [0.4, 0.5) is 0 Å². The molecule has 0 saturated heterocycles. The van der Waals surface area contributed by atoms with Crippen molar-refractivity contribution in [1.29, 1.82) is 0 Å². The molecule has 0 spiro atoms. The zero-order chi connectivity index (χ0) is 16.1. The van der Waals surface area contributed by atoms with Gasteiger partial charge < -0.3 is 14.4 Å². The Kier molecular flexibility index (Phi) is 5.28. The number of ether oxygens (including phenoxy) is 2. The average molecular weight is 320 g/mol. The molecule has 0 aliphatic rings. The second kappa shape index (κ2) is 7.18. The SMILES string of the molecule is COc1ccc(CN(C)C(=O)c2cccc(Cl)c2)cc1OC. The number of carbonyl (C=O) groups is 1. The smallest absolute Gasteiger partial charge is 0.253 e. The van der Waals surface area contributed by atoms with E-state index in [-0.39, 0.29) is 5.91 Å². The Hall–Kier alpha value is -2.20. The summed E-state index contributed by atoms with van der Waals surface area (Å²) >= 11 is 5.93. The maximum Gasteiger partial charge on any atom is 0.253 e. The van der Waals surface area contributed by atoms with Gasteiger partial charge in [0.05, 0.1) is 14.2 Å². The number of benzene rings is 2. The van der Waals surface area contributed by atoms with Gasteiger partial charge in [0, 0.05) is 24.2 Å². The Labute approximate surface area is 135 Å². The highest BCUT2D eigenvalue weighted by Crippen LogP contribution is 2.28. The molecule has 1 amide bonds. The minimum Gasteiger partial charge on any atom is -0.493 e. The summed E-state index contributed by atoms with van der Waals surface area (Å²) in [6.45, 7) is 0.464. The van der Waals surface area contributed by atoms with Crippen molar-refractivity contribution >= 4 is 17.5 Å². The van der Waals surface area contributed by atoms with Crippen LogP contribution in [0.5, 0.6) is 11.5 Å². The molecule has 0 aliphatic carbocycles. The predicted molar refractivity (Wildman–Crippen MR) is 86.8 cm³/mol. The zero-order valence-corrected chi connectivity index (χ0v) is 13.6. The lowest BCUT2D eigenvalue weighted by Gasteiger charge is -2.18. The summed E-state index contributed by atoms with van der Waals surface area (Å²) in [4.78, 5) is 14.0. The van der Waals surface area contributed by atoms with Crippen LogP contribution in [0, 0.1) is 0 Å². The van der Waals surface area contributed by atoms with Gasteiger partial charge in [-0.05, 0) is 35.9 Å². The van der Waals surface area contributed by atoms with Gasteiger partial charge in [-0.15, -0.1) is 0 Å². The van der Waals surface area contributed by atoms with E-state index in [1.54, 1.807) is 50.4 Å². The molecule has 0 N–H and O–H groups in total. The van der Waals surface area contributed by atoms with Gasteiger partial charge in [-0.2, -0.15) is 0 Å². The number of amides is 1. The second-order valence-electron chi connectivity index (χ2n) is 4.86. The number of hydrogen-bond donors (Lipinski definition) is 0. The minimum absolute atomic E-state index is 0.0858. The number of nitrogens with zero attached hydrogens (tertiary/aromatic N) is 1. The van der Waals surface area contributed by atoms with Crippen LogP contribution in [-0.4, -0.2) is 32.1 Å². The van der Waals surface area contributed by atoms with Crippen LogP contribution in [0.1, 0.15) is 15.9 Å². The fourth-order valence-electron chi connectivity index (χ4n) is 2.17. The summed E-state index contributed by atoms with van der Waals surface area (Å²) in [7, 11) is 4.93. The molecule has 2 aromatic carbocycles. The van der Waals surface area contributed by atoms with E-state index in [4.69, 9.17) is 21.1 Å². The van der Waals surface area contributed by atoms with Crippen molar-refractivity contribution in [3.63, 3.8) is 0 Å². The van der Waals surface area contributed by atoms with Crippen LogP contribution in [0.2, 0.25) is 5.02 Å². The summed E-state index contributed by atoms with van der Waals surface area (Å²) in [5.74, 6) is 1.22. The minimum atomic E-state index is -0.0858. The Balaban J connectivity index is 2.14. The molecule has 0 heterocycles. The zero-order valence-electron chi connectivity index (χ0n) is 12.8. The maximum atomic E-state index is 12.4. The molecule has 0 aliphatic heterocycles. The third-order valence-corrected chi connectivity index (χ3v) is 3.52. The molecule has 2 rings (SSSR count). The Morgan fingerprint density at radius 2 is 1.82 bits per heavy atom. The maximum absolute atomic E-state index is 12.4. The molecule has 2 aromatic rings. The number of rotatable bonds is 5. The first-order chi connectivity index (χ1) is 10.5. The summed E-state index contributed by atoms with van der Waals surface area (Å²) in [6, 6.07) is 12.5. The van der Waals surface area contributed by atoms with Gasteiger partial charge in [-0.1, -0.05) is 23.7 Å². The third-order valence-electron chi connectivity index (χ3n) is 3.29. The van der Waals surface area contributed by atoms with Crippen molar-refractivity contribution in [1.82, 2.24) is 4.90 Å². The summed E-state index contributed by atoms with van der Waals surface area (Å²) in [5.41, 5.74) is 1.52. The largest absolute Gasteiger partial charge is 0.493 e. The lowest BCUT2D eigenvalue weighted by atomic mass is 10.1. The molecule has 0 fully saturated rings. The van der Waals surface area contributed by atoms with Gasteiger partial charge >= 0.3 is 0 Å². The molecular formula is C17H18ClNO3. The number of methoxy groups -OCH3 is 2. The molecule has 116 valence electrons. The van der Waals surface area contributed by atoms with Crippen molar-refractivity contribution in [2.45, 2.75) is 6.54 Å². The molecular weight excluding hydrogens is 302 g/mol. The summed E-state index contributed by atoms with van der Waals surface area (Å²) in [5, 5.41) is 0.547. The van der Waals surface area contributed by atoms with Gasteiger partial charge in [0.25, 0.3) is 5.91 Å². The standard InChI is InChI=1S/C17H18ClNO3/c1-19(17(20)13-5-4-6-14(18)10-13)11-12-7-8-15(21-2)16(9-12)22-3/h4-10H,11H2,1-3H3. The molecule has 0 aromatic heterocycles. The molecule has 0 radical (unpaired) electrons. The molecule has 5 heteroatoms. The van der Waals surface area contributed by atoms with Gasteiger partial charge in [-0.25, -0.2) is 0 Å². The van der Waals surface area contributed by atoms with Crippen molar-refractivity contribution in [3.05, 3.63) is 58.6 Å². The van der Waals surface area contributed by atoms with Crippen LogP contribution in [0.25, 0.3) is 0 Å². The highest BCUT2D eigenvalue weighted by molar-refractivity contribution is 6.30. The van der Waals surface area contributed by atoms with Gasteiger partial charge in [0.1, 0.15) is 0 Å².